The monoisotopic (exact) mass is 457 g/mol. The molecule has 0 radical (unpaired) electrons. The number of unbranched alkanes of at least 4 members (excludes halogenated alkanes) is 7. The topological polar surface area (TPSA) is 22.1 Å². The third-order valence-corrected chi connectivity index (χ3v) is 6.55. The lowest BCUT2D eigenvalue weighted by atomic mass is 10.00. The van der Waals surface area contributed by atoms with Crippen LogP contribution in [-0.2, 0) is 19.3 Å². The van der Waals surface area contributed by atoms with Crippen LogP contribution in [0, 0.1) is 0 Å². The minimum Gasteiger partial charge on any atom is -0.492 e. The molecule has 0 saturated heterocycles. The first-order valence-electron chi connectivity index (χ1n) is 13.5. The molecule has 0 fully saturated rings. The van der Waals surface area contributed by atoms with Crippen LogP contribution in [0.25, 0.3) is 11.3 Å². The number of aromatic nitrogens is 1. The molecule has 0 unspecified atom stereocenters. The van der Waals surface area contributed by atoms with Gasteiger partial charge in [-0.25, -0.2) is 0 Å². The number of hydrogen-bond donors (Lipinski definition) is 0. The average molecular weight is 458 g/mol. The molecule has 182 valence electrons. The summed E-state index contributed by atoms with van der Waals surface area (Å²) in [6.07, 6.45) is 16.8. The smallest absolute Gasteiger partial charge is 0.137 e. The summed E-state index contributed by atoms with van der Waals surface area (Å²) in [5, 5.41) is 0. The molecule has 0 bridgehead atoms. The van der Waals surface area contributed by atoms with Crippen molar-refractivity contribution in [3.05, 3.63) is 83.6 Å². The van der Waals surface area contributed by atoms with E-state index in [9.17, 15) is 0 Å². The van der Waals surface area contributed by atoms with Crippen LogP contribution in [0.5, 0.6) is 5.75 Å². The fraction of sp³-hybridized carbons (Fsp3) is 0.469. The van der Waals surface area contributed by atoms with E-state index >= 15 is 0 Å². The van der Waals surface area contributed by atoms with Gasteiger partial charge < -0.3 is 4.74 Å². The number of pyridine rings is 1. The molecule has 0 spiro atoms. The van der Waals surface area contributed by atoms with Crippen LogP contribution in [-0.4, -0.2) is 11.6 Å². The molecule has 3 rings (SSSR count). The minimum atomic E-state index is 0.775. The van der Waals surface area contributed by atoms with Gasteiger partial charge in [0.1, 0.15) is 5.75 Å². The van der Waals surface area contributed by atoms with E-state index < -0.39 is 0 Å². The van der Waals surface area contributed by atoms with Gasteiger partial charge in [0.2, 0.25) is 0 Å². The van der Waals surface area contributed by atoms with Crippen LogP contribution >= 0.6 is 0 Å². The third kappa shape index (κ3) is 9.33. The Bertz CT molecular complexity index is 913. The molecule has 2 nitrogen and oxygen atoms in total. The predicted molar refractivity (Wildman–Crippen MR) is 146 cm³/mol. The molecular weight excluding hydrogens is 414 g/mol. The summed E-state index contributed by atoms with van der Waals surface area (Å²) in [6, 6.07) is 22.2. The van der Waals surface area contributed by atoms with Crippen molar-refractivity contribution >= 4 is 0 Å². The molecule has 0 aliphatic carbocycles. The first kappa shape index (κ1) is 26.0. The highest BCUT2D eigenvalue weighted by molar-refractivity contribution is 5.59. The number of benzene rings is 2. The number of hydrogen-bond acceptors (Lipinski definition) is 2. The molecule has 0 atom stereocenters. The molecule has 2 heteroatoms. The Labute approximate surface area is 207 Å². The fourth-order valence-electron chi connectivity index (χ4n) is 4.29. The Morgan fingerprint density at radius 1 is 0.559 bits per heavy atom. The van der Waals surface area contributed by atoms with Gasteiger partial charge in [0.25, 0.3) is 0 Å². The van der Waals surface area contributed by atoms with Crippen molar-refractivity contribution in [2.75, 3.05) is 6.61 Å². The van der Waals surface area contributed by atoms with E-state index in [2.05, 4.69) is 73.4 Å². The molecule has 0 aliphatic rings. The standard InChI is InChI=1S/C32H43NO/c1-3-5-7-9-10-12-27-13-15-28(16-14-27)17-18-29-19-21-30(22-20-29)32-24-23-31(26-33-32)34-25-11-8-6-4-2/h13-16,19-24,26H,3-12,17-18,25H2,1-2H3. The van der Waals surface area contributed by atoms with Gasteiger partial charge in [-0.1, -0.05) is 107 Å². The van der Waals surface area contributed by atoms with Crippen LogP contribution < -0.4 is 4.74 Å². The third-order valence-electron chi connectivity index (χ3n) is 6.55. The average Bonchev–Trinajstić information content (AvgIpc) is 2.89. The zero-order valence-electron chi connectivity index (χ0n) is 21.4. The lowest BCUT2D eigenvalue weighted by molar-refractivity contribution is 0.304. The molecule has 1 aromatic heterocycles. The molecule has 0 N–H and O–H groups in total. The van der Waals surface area contributed by atoms with Crippen LogP contribution in [0.1, 0.15) is 88.3 Å². The molecule has 1 heterocycles. The van der Waals surface area contributed by atoms with E-state index in [-0.39, 0.29) is 0 Å². The highest BCUT2D eigenvalue weighted by Gasteiger charge is 2.03. The van der Waals surface area contributed by atoms with Crippen LogP contribution in [0.2, 0.25) is 0 Å². The Kier molecular flexibility index (Phi) is 11.7. The van der Waals surface area contributed by atoms with Crippen molar-refractivity contribution in [3.63, 3.8) is 0 Å². The maximum atomic E-state index is 5.81. The lowest BCUT2D eigenvalue weighted by Gasteiger charge is -2.08. The summed E-state index contributed by atoms with van der Waals surface area (Å²) in [5.74, 6) is 0.861. The largest absolute Gasteiger partial charge is 0.492 e. The van der Waals surface area contributed by atoms with Crippen LogP contribution in [0.3, 0.4) is 0 Å². The van der Waals surface area contributed by atoms with E-state index in [4.69, 9.17) is 4.74 Å². The second kappa shape index (κ2) is 15.3. The molecular formula is C32H43NO. The van der Waals surface area contributed by atoms with E-state index in [1.165, 1.54) is 74.5 Å². The van der Waals surface area contributed by atoms with Crippen molar-refractivity contribution in [2.24, 2.45) is 0 Å². The molecule has 2 aromatic carbocycles. The highest BCUT2D eigenvalue weighted by atomic mass is 16.5. The first-order chi connectivity index (χ1) is 16.8. The molecule has 34 heavy (non-hydrogen) atoms. The number of nitrogens with zero attached hydrogens (tertiary/aromatic N) is 1. The molecule has 0 aliphatic heterocycles. The number of aryl methyl sites for hydroxylation is 3. The summed E-state index contributed by atoms with van der Waals surface area (Å²) >= 11 is 0. The quantitative estimate of drug-likeness (QED) is 0.200. The summed E-state index contributed by atoms with van der Waals surface area (Å²) in [5.41, 5.74) is 6.42. The molecule has 3 aromatic rings. The second-order valence-electron chi connectivity index (χ2n) is 9.47. The first-order valence-corrected chi connectivity index (χ1v) is 13.5. The predicted octanol–water partition coefficient (Wildman–Crippen LogP) is 9.01. The maximum Gasteiger partial charge on any atom is 0.137 e. The van der Waals surface area contributed by atoms with Crippen molar-refractivity contribution in [1.29, 1.82) is 0 Å². The summed E-state index contributed by atoms with van der Waals surface area (Å²) < 4.78 is 5.81. The minimum absolute atomic E-state index is 0.775. The van der Waals surface area contributed by atoms with Crippen molar-refractivity contribution < 1.29 is 4.74 Å². The van der Waals surface area contributed by atoms with E-state index in [0.717, 1.165) is 42.9 Å². The Morgan fingerprint density at radius 2 is 1.12 bits per heavy atom. The number of ether oxygens (including phenoxy) is 1. The van der Waals surface area contributed by atoms with E-state index in [1.807, 2.05) is 12.3 Å². The van der Waals surface area contributed by atoms with Crippen molar-refractivity contribution in [1.82, 2.24) is 4.98 Å². The molecule has 0 amide bonds. The lowest BCUT2D eigenvalue weighted by Crippen LogP contribution is -1.98. The van der Waals surface area contributed by atoms with Gasteiger partial charge in [0.05, 0.1) is 18.5 Å². The Morgan fingerprint density at radius 3 is 1.71 bits per heavy atom. The Hall–Kier alpha value is -2.61. The van der Waals surface area contributed by atoms with E-state index in [1.54, 1.807) is 0 Å². The number of rotatable bonds is 16. The summed E-state index contributed by atoms with van der Waals surface area (Å²) in [6.45, 7) is 5.28. The second-order valence-corrected chi connectivity index (χ2v) is 9.47. The van der Waals surface area contributed by atoms with E-state index in [0.29, 0.717) is 0 Å². The Balaban J connectivity index is 1.41. The summed E-state index contributed by atoms with van der Waals surface area (Å²) in [7, 11) is 0. The zero-order chi connectivity index (χ0) is 23.8. The van der Waals surface area contributed by atoms with Crippen molar-refractivity contribution in [3.8, 4) is 17.0 Å². The molecule has 0 saturated carbocycles. The SMILES string of the molecule is CCCCCCCc1ccc(CCc2ccc(-c3ccc(OCCCCCC)cn3)cc2)cc1. The van der Waals surface area contributed by atoms with Gasteiger partial charge in [-0.3, -0.25) is 4.98 Å². The zero-order valence-corrected chi connectivity index (χ0v) is 21.4. The highest BCUT2D eigenvalue weighted by Crippen LogP contribution is 2.21. The van der Waals surface area contributed by atoms with Gasteiger partial charge >= 0.3 is 0 Å². The van der Waals surface area contributed by atoms with Gasteiger partial charge in [-0.2, -0.15) is 0 Å². The van der Waals surface area contributed by atoms with Crippen LogP contribution in [0.4, 0.5) is 0 Å². The van der Waals surface area contributed by atoms with Gasteiger partial charge in [-0.05, 0) is 60.9 Å². The normalized spacial score (nSPS) is 11.0. The van der Waals surface area contributed by atoms with Crippen LogP contribution in [0.15, 0.2) is 66.9 Å². The van der Waals surface area contributed by atoms with Gasteiger partial charge in [-0.15, -0.1) is 0 Å². The maximum absolute atomic E-state index is 5.81. The summed E-state index contributed by atoms with van der Waals surface area (Å²) in [4.78, 5) is 4.61. The van der Waals surface area contributed by atoms with Gasteiger partial charge in [0.15, 0.2) is 0 Å². The van der Waals surface area contributed by atoms with Gasteiger partial charge in [0, 0.05) is 5.56 Å². The fourth-order valence-corrected chi connectivity index (χ4v) is 4.29. The van der Waals surface area contributed by atoms with Crippen molar-refractivity contribution in [2.45, 2.75) is 90.9 Å².